The third-order valence-electron chi connectivity index (χ3n) is 5.79. The van der Waals surface area contributed by atoms with Crippen LogP contribution in [-0.2, 0) is 29.3 Å². The molecule has 1 saturated heterocycles. The minimum absolute atomic E-state index is 0.0366. The first-order chi connectivity index (χ1) is 15.7. The van der Waals surface area contributed by atoms with Gasteiger partial charge in [-0.25, -0.2) is 0 Å². The highest BCUT2D eigenvalue weighted by Crippen LogP contribution is 2.20. The van der Waals surface area contributed by atoms with Gasteiger partial charge in [0.05, 0.1) is 25.0 Å². The third kappa shape index (κ3) is 5.86. The van der Waals surface area contributed by atoms with Gasteiger partial charge in [-0.05, 0) is 35.6 Å². The van der Waals surface area contributed by atoms with E-state index in [-0.39, 0.29) is 17.7 Å². The number of rotatable bonds is 8. The molecule has 1 aliphatic heterocycles. The summed E-state index contributed by atoms with van der Waals surface area (Å²) < 4.78 is 10.8. The Kier molecular flexibility index (Phi) is 7.35. The molecule has 3 aromatic rings. The zero-order chi connectivity index (χ0) is 22.2. The van der Waals surface area contributed by atoms with Crippen molar-refractivity contribution in [2.75, 3.05) is 13.1 Å². The molecular formula is C26H28N2O4. The van der Waals surface area contributed by atoms with Crippen LogP contribution in [0.15, 0.2) is 77.6 Å². The van der Waals surface area contributed by atoms with Gasteiger partial charge in [0, 0.05) is 25.6 Å². The molecule has 6 heteroatoms. The summed E-state index contributed by atoms with van der Waals surface area (Å²) in [5.41, 5.74) is 3.87. The summed E-state index contributed by atoms with van der Waals surface area (Å²) in [6.07, 6.45) is 4.31. The van der Waals surface area contributed by atoms with Gasteiger partial charge in [-0.2, -0.15) is 0 Å². The van der Waals surface area contributed by atoms with Crippen LogP contribution in [0, 0.1) is 5.92 Å². The molecule has 4 rings (SSSR count). The molecule has 1 aliphatic rings. The number of benzene rings is 2. The van der Waals surface area contributed by atoms with Crippen LogP contribution in [0.3, 0.4) is 0 Å². The van der Waals surface area contributed by atoms with E-state index in [2.05, 4.69) is 5.32 Å². The summed E-state index contributed by atoms with van der Waals surface area (Å²) in [7, 11) is 0. The Hall–Kier alpha value is -3.38. The molecule has 1 N–H and O–H groups in total. The van der Waals surface area contributed by atoms with Crippen LogP contribution in [0.1, 0.15) is 39.9 Å². The van der Waals surface area contributed by atoms with Crippen molar-refractivity contribution in [2.24, 2.45) is 5.92 Å². The summed E-state index contributed by atoms with van der Waals surface area (Å²) in [5.74, 6) is -0.0461. The van der Waals surface area contributed by atoms with Crippen molar-refractivity contribution in [3.63, 3.8) is 0 Å². The van der Waals surface area contributed by atoms with E-state index in [0.29, 0.717) is 51.3 Å². The molecule has 0 radical (unpaired) electrons. The fourth-order valence-electron chi connectivity index (χ4n) is 3.86. The number of nitrogens with one attached hydrogen (secondary N) is 1. The maximum Gasteiger partial charge on any atom is 0.257 e. The van der Waals surface area contributed by atoms with Crippen molar-refractivity contribution < 1.29 is 18.7 Å². The number of ether oxygens (including phenoxy) is 1. The molecule has 6 nitrogen and oxygen atoms in total. The monoisotopic (exact) mass is 432 g/mol. The number of furan rings is 1. The second-order valence-corrected chi connectivity index (χ2v) is 8.09. The summed E-state index contributed by atoms with van der Waals surface area (Å²) in [6.45, 7) is 2.81. The predicted molar refractivity (Wildman–Crippen MR) is 121 cm³/mol. The molecule has 2 heterocycles. The maximum absolute atomic E-state index is 12.6. The van der Waals surface area contributed by atoms with Gasteiger partial charge in [-0.15, -0.1) is 0 Å². The van der Waals surface area contributed by atoms with Gasteiger partial charge in [0.2, 0.25) is 5.91 Å². The number of carbonyl (C=O) groups excluding carboxylic acids is 2. The first-order valence-electron chi connectivity index (χ1n) is 11.0. The van der Waals surface area contributed by atoms with Crippen molar-refractivity contribution in [1.29, 1.82) is 0 Å². The lowest BCUT2D eigenvalue weighted by atomic mass is 9.95. The second kappa shape index (κ2) is 10.8. The average molecular weight is 433 g/mol. The highest BCUT2D eigenvalue weighted by molar-refractivity contribution is 5.94. The van der Waals surface area contributed by atoms with E-state index >= 15 is 0 Å². The molecule has 1 aromatic heterocycles. The summed E-state index contributed by atoms with van der Waals surface area (Å²) in [4.78, 5) is 26.7. The maximum atomic E-state index is 12.6. The molecule has 166 valence electrons. The van der Waals surface area contributed by atoms with Crippen LogP contribution in [0.4, 0.5) is 0 Å². The number of carbonyl (C=O) groups is 2. The molecule has 0 bridgehead atoms. The molecule has 2 aromatic carbocycles. The van der Waals surface area contributed by atoms with Crippen LogP contribution in [-0.4, -0.2) is 29.8 Å². The van der Waals surface area contributed by atoms with Crippen LogP contribution >= 0.6 is 0 Å². The Balaban J connectivity index is 1.17. The minimum atomic E-state index is -0.0611. The lowest BCUT2D eigenvalue weighted by molar-refractivity contribution is -0.126. The molecule has 0 aliphatic carbocycles. The average Bonchev–Trinajstić information content (AvgIpc) is 3.39. The second-order valence-electron chi connectivity index (χ2n) is 8.09. The highest BCUT2D eigenvalue weighted by Gasteiger charge is 2.28. The van der Waals surface area contributed by atoms with E-state index in [1.807, 2.05) is 54.6 Å². The molecule has 0 saturated carbocycles. The molecule has 0 spiro atoms. The van der Waals surface area contributed by atoms with Crippen molar-refractivity contribution in [2.45, 2.75) is 32.6 Å². The Bertz CT molecular complexity index is 992. The van der Waals surface area contributed by atoms with E-state index in [0.717, 1.165) is 16.7 Å². The largest absolute Gasteiger partial charge is 0.472 e. The fraction of sp³-hybridized carbons (Fsp3) is 0.308. The topological polar surface area (TPSA) is 71.8 Å². The zero-order valence-corrected chi connectivity index (χ0v) is 18.0. The lowest BCUT2D eigenvalue weighted by Crippen LogP contribution is -2.42. The SMILES string of the molecule is O=C(NCc1ccc(COCc2ccccc2)cc1)C1CCN(C(=O)c2ccoc2)CC1. The number of amides is 2. The van der Waals surface area contributed by atoms with Crippen molar-refractivity contribution >= 4 is 11.8 Å². The van der Waals surface area contributed by atoms with E-state index in [4.69, 9.17) is 9.15 Å². The molecule has 1 fully saturated rings. The summed E-state index contributed by atoms with van der Waals surface area (Å²) >= 11 is 0. The quantitative estimate of drug-likeness (QED) is 0.580. The Morgan fingerprint density at radius 1 is 0.906 bits per heavy atom. The number of likely N-dealkylation sites (tertiary alicyclic amines) is 1. The van der Waals surface area contributed by atoms with Crippen molar-refractivity contribution in [3.05, 3.63) is 95.4 Å². The van der Waals surface area contributed by atoms with Crippen molar-refractivity contribution in [3.8, 4) is 0 Å². The van der Waals surface area contributed by atoms with Gasteiger partial charge in [0.25, 0.3) is 5.91 Å². The van der Waals surface area contributed by atoms with Gasteiger partial charge in [-0.1, -0.05) is 54.6 Å². The summed E-state index contributed by atoms with van der Waals surface area (Å²) in [5, 5.41) is 3.04. The standard InChI is InChI=1S/C26H28N2O4/c29-25(23-10-13-28(14-11-23)26(30)24-12-15-31-19-24)27-16-20-6-8-22(9-7-20)18-32-17-21-4-2-1-3-5-21/h1-9,12,15,19,23H,10-11,13-14,16-18H2,(H,27,29). The number of hydrogen-bond donors (Lipinski definition) is 1. The van der Waals surface area contributed by atoms with Crippen LogP contribution < -0.4 is 5.32 Å². The number of piperidine rings is 1. The Labute approximate surface area is 188 Å². The zero-order valence-electron chi connectivity index (χ0n) is 18.0. The van der Waals surface area contributed by atoms with E-state index in [9.17, 15) is 9.59 Å². The number of hydrogen-bond acceptors (Lipinski definition) is 4. The molecule has 0 atom stereocenters. The first kappa shape index (κ1) is 21.8. The van der Waals surface area contributed by atoms with Crippen molar-refractivity contribution in [1.82, 2.24) is 10.2 Å². The Morgan fingerprint density at radius 2 is 1.56 bits per heavy atom. The van der Waals surface area contributed by atoms with Gasteiger partial charge in [0.15, 0.2) is 0 Å². The molecule has 32 heavy (non-hydrogen) atoms. The van der Waals surface area contributed by atoms with Gasteiger partial charge in [0.1, 0.15) is 6.26 Å². The highest BCUT2D eigenvalue weighted by atomic mass is 16.5. The summed E-state index contributed by atoms with van der Waals surface area (Å²) in [6, 6.07) is 19.9. The number of nitrogens with zero attached hydrogens (tertiary/aromatic N) is 1. The van der Waals surface area contributed by atoms with Gasteiger partial charge in [-0.3, -0.25) is 9.59 Å². The van der Waals surface area contributed by atoms with Gasteiger partial charge < -0.3 is 19.4 Å². The Morgan fingerprint density at radius 3 is 2.22 bits per heavy atom. The third-order valence-corrected chi connectivity index (χ3v) is 5.79. The van der Waals surface area contributed by atoms with Crippen LogP contribution in [0.25, 0.3) is 0 Å². The lowest BCUT2D eigenvalue weighted by Gasteiger charge is -2.31. The van der Waals surface area contributed by atoms with E-state index in [1.165, 1.54) is 12.5 Å². The van der Waals surface area contributed by atoms with Gasteiger partial charge >= 0.3 is 0 Å². The van der Waals surface area contributed by atoms with E-state index in [1.54, 1.807) is 11.0 Å². The molecule has 0 unspecified atom stereocenters. The smallest absolute Gasteiger partial charge is 0.257 e. The van der Waals surface area contributed by atoms with Crippen LogP contribution in [0.2, 0.25) is 0 Å². The van der Waals surface area contributed by atoms with E-state index < -0.39 is 0 Å². The van der Waals surface area contributed by atoms with Crippen LogP contribution in [0.5, 0.6) is 0 Å². The normalized spacial score (nSPS) is 14.3. The predicted octanol–water partition coefficient (Wildman–Crippen LogP) is 4.17. The fourth-order valence-corrected chi connectivity index (χ4v) is 3.86. The molecule has 2 amide bonds. The minimum Gasteiger partial charge on any atom is -0.472 e. The first-order valence-corrected chi connectivity index (χ1v) is 11.0. The molecular weight excluding hydrogens is 404 g/mol.